The van der Waals surface area contributed by atoms with Crippen molar-refractivity contribution >= 4 is 51.2 Å². The quantitative estimate of drug-likeness (QED) is 0.462. The molecule has 1 aromatic carbocycles. The zero-order valence-electron chi connectivity index (χ0n) is 11.5. The number of thioether (sulfide) groups is 1. The van der Waals surface area contributed by atoms with Crippen molar-refractivity contribution < 1.29 is 0 Å². The van der Waals surface area contributed by atoms with Gasteiger partial charge in [-0.25, -0.2) is 4.99 Å². The molecule has 22 heavy (non-hydrogen) atoms. The van der Waals surface area contributed by atoms with Crippen LogP contribution in [0.5, 0.6) is 0 Å². The minimum absolute atomic E-state index is 0.407. The minimum atomic E-state index is 0.407. The number of halogens is 1. The summed E-state index contributed by atoms with van der Waals surface area (Å²) >= 11 is 14.1. The van der Waals surface area contributed by atoms with Crippen LogP contribution in [0.25, 0.3) is 5.69 Å². The van der Waals surface area contributed by atoms with E-state index in [1.807, 2.05) is 29.0 Å². The molecular weight excluding hydrogens is 354 g/mol. The molecule has 7 heteroatoms. The van der Waals surface area contributed by atoms with E-state index in [2.05, 4.69) is 17.6 Å². The molecule has 0 unspecified atom stereocenters. The molecular formula is C15H12ClN3S3. The second-order valence-electron chi connectivity index (χ2n) is 4.12. The number of nitriles is 1. The first-order valence-electron chi connectivity index (χ1n) is 6.28. The van der Waals surface area contributed by atoms with Crippen LogP contribution >= 0.6 is 46.9 Å². The van der Waals surface area contributed by atoms with E-state index in [1.165, 1.54) is 23.1 Å². The monoisotopic (exact) mass is 365 g/mol. The van der Waals surface area contributed by atoms with E-state index >= 15 is 0 Å². The molecule has 0 aliphatic carbocycles. The highest BCUT2D eigenvalue weighted by Crippen LogP contribution is 2.15. The maximum Gasteiger partial charge on any atom is 0.196 e. The number of alkyl halides is 1. The Hall–Kier alpha value is -1.39. The zero-order valence-corrected chi connectivity index (χ0v) is 14.7. The van der Waals surface area contributed by atoms with Crippen LogP contribution in [0.3, 0.4) is 0 Å². The lowest BCUT2D eigenvalue weighted by atomic mass is 10.2. The van der Waals surface area contributed by atoms with Gasteiger partial charge in [-0.05, 0) is 18.2 Å². The van der Waals surface area contributed by atoms with Gasteiger partial charge in [-0.15, -0.1) is 29.5 Å². The molecule has 112 valence electrons. The fraction of sp³-hybridized carbons (Fsp3) is 0.133. The van der Waals surface area contributed by atoms with Gasteiger partial charge in [-0.1, -0.05) is 36.1 Å². The Morgan fingerprint density at radius 3 is 3.09 bits per heavy atom. The highest BCUT2D eigenvalue weighted by atomic mass is 35.5. The maximum atomic E-state index is 9.04. The van der Waals surface area contributed by atoms with Crippen LogP contribution in [0.2, 0.25) is 0 Å². The van der Waals surface area contributed by atoms with Crippen molar-refractivity contribution in [2.45, 2.75) is 5.88 Å². The van der Waals surface area contributed by atoms with Gasteiger partial charge < -0.3 is 0 Å². The molecule has 0 atom stereocenters. The molecule has 1 aromatic heterocycles. The Balaban J connectivity index is 2.49. The van der Waals surface area contributed by atoms with Gasteiger partial charge in [0.1, 0.15) is 0 Å². The lowest BCUT2D eigenvalue weighted by Crippen LogP contribution is -2.13. The molecule has 0 saturated carbocycles. The van der Waals surface area contributed by atoms with E-state index in [-0.39, 0.29) is 0 Å². The smallest absolute Gasteiger partial charge is 0.196 e. The van der Waals surface area contributed by atoms with Gasteiger partial charge in [0.25, 0.3) is 0 Å². The predicted molar refractivity (Wildman–Crippen MR) is 98.7 cm³/mol. The number of benzene rings is 1. The van der Waals surface area contributed by atoms with E-state index in [9.17, 15) is 0 Å². The molecule has 0 saturated heterocycles. The van der Waals surface area contributed by atoms with Gasteiger partial charge >= 0.3 is 0 Å². The van der Waals surface area contributed by atoms with E-state index in [0.717, 1.165) is 21.1 Å². The van der Waals surface area contributed by atoms with Crippen LogP contribution in [-0.4, -0.2) is 14.6 Å². The van der Waals surface area contributed by atoms with Crippen molar-refractivity contribution in [1.82, 2.24) is 4.57 Å². The average molecular weight is 366 g/mol. The number of thiocarbonyl (C=S) groups is 1. The summed E-state index contributed by atoms with van der Waals surface area (Å²) in [7, 11) is 0. The van der Waals surface area contributed by atoms with Gasteiger partial charge in [-0.2, -0.15) is 5.26 Å². The summed E-state index contributed by atoms with van der Waals surface area (Å²) in [6, 6.07) is 9.47. The minimum Gasteiger partial charge on any atom is -0.292 e. The average Bonchev–Trinajstić information content (AvgIpc) is 2.96. The standard InChI is InChI=1S/C15H12ClN3S3/c1-2-6-21-15(20)18-14-19(10-13(8-16)22-14)12-5-3-4-11(7-12)9-17/h2-5,7,10H,1,6,8H2/b18-14-. The molecule has 0 aliphatic heterocycles. The number of hydrogen-bond acceptors (Lipinski definition) is 4. The maximum absolute atomic E-state index is 9.04. The summed E-state index contributed by atoms with van der Waals surface area (Å²) in [5.41, 5.74) is 1.46. The molecule has 0 fully saturated rings. The Bertz CT molecular complexity index is 799. The second kappa shape index (κ2) is 8.30. The highest BCUT2D eigenvalue weighted by Gasteiger charge is 2.06. The third-order valence-corrected chi connectivity index (χ3v) is 5.21. The van der Waals surface area contributed by atoms with Crippen LogP contribution in [0.1, 0.15) is 10.4 Å². The molecule has 0 spiro atoms. The van der Waals surface area contributed by atoms with Crippen molar-refractivity contribution in [3.63, 3.8) is 0 Å². The first kappa shape index (κ1) is 17.0. The summed E-state index contributed by atoms with van der Waals surface area (Å²) in [5, 5.41) is 9.04. The van der Waals surface area contributed by atoms with Crippen LogP contribution in [0.15, 0.2) is 48.1 Å². The Morgan fingerprint density at radius 2 is 2.41 bits per heavy atom. The van der Waals surface area contributed by atoms with Crippen molar-refractivity contribution in [3.05, 3.63) is 58.4 Å². The molecule has 0 bridgehead atoms. The number of nitrogens with zero attached hydrogens (tertiary/aromatic N) is 3. The van der Waals surface area contributed by atoms with Crippen LogP contribution in [-0.2, 0) is 5.88 Å². The largest absolute Gasteiger partial charge is 0.292 e. The second-order valence-corrected chi connectivity index (χ2v) is 7.14. The molecule has 0 amide bonds. The molecule has 2 rings (SSSR count). The lowest BCUT2D eigenvalue weighted by molar-refractivity contribution is 1.01. The normalized spacial score (nSPS) is 11.2. The number of aromatic nitrogens is 1. The van der Waals surface area contributed by atoms with Crippen LogP contribution < -0.4 is 4.80 Å². The third-order valence-electron chi connectivity index (χ3n) is 2.60. The van der Waals surface area contributed by atoms with E-state index in [1.54, 1.807) is 12.1 Å². The van der Waals surface area contributed by atoms with Crippen molar-refractivity contribution in [2.75, 3.05) is 5.75 Å². The Labute approximate surface area is 147 Å². The van der Waals surface area contributed by atoms with Gasteiger partial charge in [-0.3, -0.25) is 4.57 Å². The predicted octanol–water partition coefficient (Wildman–Crippen LogP) is 4.25. The van der Waals surface area contributed by atoms with Gasteiger partial charge in [0.2, 0.25) is 0 Å². The number of hydrogen-bond donors (Lipinski definition) is 0. The molecule has 0 radical (unpaired) electrons. The highest BCUT2D eigenvalue weighted by molar-refractivity contribution is 8.23. The third kappa shape index (κ3) is 4.31. The van der Waals surface area contributed by atoms with E-state index < -0.39 is 0 Å². The number of thiazole rings is 1. The van der Waals surface area contributed by atoms with Crippen LogP contribution in [0.4, 0.5) is 0 Å². The fourth-order valence-electron chi connectivity index (χ4n) is 1.68. The van der Waals surface area contributed by atoms with E-state index in [4.69, 9.17) is 29.1 Å². The van der Waals surface area contributed by atoms with Crippen molar-refractivity contribution in [2.24, 2.45) is 4.99 Å². The van der Waals surface area contributed by atoms with Crippen LogP contribution in [0, 0.1) is 11.3 Å². The molecule has 0 N–H and O–H groups in total. The molecule has 3 nitrogen and oxygen atoms in total. The summed E-state index contributed by atoms with van der Waals surface area (Å²) in [6.07, 6.45) is 3.71. The number of rotatable bonds is 4. The summed E-state index contributed by atoms with van der Waals surface area (Å²) < 4.78 is 2.46. The Kier molecular flexibility index (Phi) is 6.40. The molecule has 0 aliphatic rings. The lowest BCUT2D eigenvalue weighted by Gasteiger charge is -2.03. The fourth-order valence-corrected chi connectivity index (χ4v) is 3.57. The van der Waals surface area contributed by atoms with Gasteiger partial charge in [0.05, 0.1) is 17.5 Å². The first-order valence-corrected chi connectivity index (χ1v) is 9.02. The summed E-state index contributed by atoms with van der Waals surface area (Å²) in [5.74, 6) is 1.13. The zero-order chi connectivity index (χ0) is 15.9. The molecule has 2 aromatic rings. The van der Waals surface area contributed by atoms with Crippen molar-refractivity contribution in [3.8, 4) is 11.8 Å². The van der Waals surface area contributed by atoms with Gasteiger partial charge in [0.15, 0.2) is 9.12 Å². The summed E-state index contributed by atoms with van der Waals surface area (Å²) in [6.45, 7) is 3.67. The van der Waals surface area contributed by atoms with Crippen molar-refractivity contribution in [1.29, 1.82) is 5.26 Å². The Morgan fingerprint density at radius 1 is 1.59 bits per heavy atom. The summed E-state index contributed by atoms with van der Waals surface area (Å²) in [4.78, 5) is 6.21. The SMILES string of the molecule is C=CCSC(=S)/N=c1\sc(CCl)cn1-c1cccc(C#N)c1. The first-order chi connectivity index (χ1) is 10.7. The topological polar surface area (TPSA) is 41.1 Å². The molecule has 1 heterocycles. The van der Waals surface area contributed by atoms with E-state index in [0.29, 0.717) is 15.8 Å². The van der Waals surface area contributed by atoms with Gasteiger partial charge in [0, 0.05) is 22.5 Å².